The Bertz CT molecular complexity index is 535. The Morgan fingerprint density at radius 3 is 2.50 bits per heavy atom. The monoisotopic (exact) mass is 247 g/mol. The minimum Gasteiger partial charge on any atom is -0.360 e. The lowest BCUT2D eigenvalue weighted by Gasteiger charge is -2.10. The Hall–Kier alpha value is -2.11. The van der Waals surface area contributed by atoms with E-state index in [0.29, 0.717) is 17.6 Å². The van der Waals surface area contributed by atoms with Gasteiger partial charge in [0.25, 0.3) is 0 Å². The number of nitrogens with one attached hydrogen (secondary N) is 2. The topological polar surface area (TPSA) is 75.9 Å². The molecule has 96 valence electrons. The van der Waals surface area contributed by atoms with Crippen LogP contribution in [0.15, 0.2) is 16.7 Å². The molecule has 2 heterocycles. The van der Waals surface area contributed by atoms with Crippen LogP contribution in [0, 0.1) is 13.8 Å². The second kappa shape index (κ2) is 5.03. The predicted molar refractivity (Wildman–Crippen MR) is 70.1 cm³/mol. The van der Waals surface area contributed by atoms with Gasteiger partial charge < -0.3 is 15.2 Å². The lowest BCUT2D eigenvalue weighted by atomic mass is 10.4. The lowest BCUT2D eigenvalue weighted by Crippen LogP contribution is -2.13. The highest BCUT2D eigenvalue weighted by atomic mass is 16.5. The maximum Gasteiger partial charge on any atom is 0.225 e. The Kier molecular flexibility index (Phi) is 3.45. The first-order valence-electron chi connectivity index (χ1n) is 5.85. The maximum absolute atomic E-state index is 4.99. The van der Waals surface area contributed by atoms with Gasteiger partial charge >= 0.3 is 0 Å². The van der Waals surface area contributed by atoms with Gasteiger partial charge in [-0.05, 0) is 27.7 Å². The minimum atomic E-state index is 0.286. The van der Waals surface area contributed by atoms with E-state index in [9.17, 15) is 0 Å². The summed E-state index contributed by atoms with van der Waals surface area (Å²) in [4.78, 5) is 8.68. The van der Waals surface area contributed by atoms with Gasteiger partial charge in [-0.3, -0.25) is 0 Å². The van der Waals surface area contributed by atoms with Crippen molar-refractivity contribution < 1.29 is 4.52 Å². The van der Waals surface area contributed by atoms with E-state index in [1.54, 1.807) is 0 Å². The molecule has 0 unspecified atom stereocenters. The van der Waals surface area contributed by atoms with Crippen molar-refractivity contribution in [1.82, 2.24) is 15.1 Å². The Morgan fingerprint density at radius 1 is 1.11 bits per heavy atom. The summed E-state index contributed by atoms with van der Waals surface area (Å²) in [6.07, 6.45) is 0. The predicted octanol–water partition coefficient (Wildman–Crippen LogP) is 2.65. The highest BCUT2D eigenvalue weighted by molar-refractivity contribution is 5.53. The van der Waals surface area contributed by atoms with Crippen LogP contribution in [-0.2, 0) is 0 Å². The van der Waals surface area contributed by atoms with Gasteiger partial charge in [0, 0.05) is 23.9 Å². The first-order chi connectivity index (χ1) is 8.52. The van der Waals surface area contributed by atoms with E-state index < -0.39 is 0 Å². The summed E-state index contributed by atoms with van der Waals surface area (Å²) in [6.45, 7) is 7.85. The second-order valence-corrected chi connectivity index (χ2v) is 4.47. The van der Waals surface area contributed by atoms with Crippen molar-refractivity contribution in [1.29, 1.82) is 0 Å². The van der Waals surface area contributed by atoms with Crippen molar-refractivity contribution in [3.05, 3.63) is 23.6 Å². The molecule has 0 radical (unpaired) electrons. The fourth-order valence-electron chi connectivity index (χ4n) is 1.51. The van der Waals surface area contributed by atoms with Gasteiger partial charge in [-0.1, -0.05) is 5.16 Å². The fourth-order valence-corrected chi connectivity index (χ4v) is 1.51. The molecule has 18 heavy (non-hydrogen) atoms. The molecule has 0 aliphatic carbocycles. The number of nitrogens with zero attached hydrogens (tertiary/aromatic N) is 3. The van der Waals surface area contributed by atoms with Crippen molar-refractivity contribution in [2.45, 2.75) is 33.7 Å². The van der Waals surface area contributed by atoms with E-state index in [4.69, 9.17) is 4.52 Å². The van der Waals surface area contributed by atoms with Gasteiger partial charge in [0.2, 0.25) is 5.95 Å². The normalized spacial score (nSPS) is 10.7. The van der Waals surface area contributed by atoms with Crippen LogP contribution >= 0.6 is 0 Å². The number of aromatic nitrogens is 3. The van der Waals surface area contributed by atoms with Crippen LogP contribution in [0.3, 0.4) is 0 Å². The van der Waals surface area contributed by atoms with Crippen LogP contribution < -0.4 is 10.6 Å². The smallest absolute Gasteiger partial charge is 0.225 e. The van der Waals surface area contributed by atoms with Gasteiger partial charge in [-0.2, -0.15) is 4.98 Å². The van der Waals surface area contributed by atoms with Crippen molar-refractivity contribution >= 4 is 17.6 Å². The quantitative estimate of drug-likeness (QED) is 0.865. The average molecular weight is 247 g/mol. The third kappa shape index (κ3) is 3.19. The minimum absolute atomic E-state index is 0.286. The number of hydrogen-bond donors (Lipinski definition) is 2. The van der Waals surface area contributed by atoms with Crippen LogP contribution in [0.5, 0.6) is 0 Å². The zero-order valence-electron chi connectivity index (χ0n) is 11.0. The molecule has 6 nitrogen and oxygen atoms in total. The van der Waals surface area contributed by atoms with Crippen molar-refractivity contribution in [3.63, 3.8) is 0 Å². The number of hydrogen-bond acceptors (Lipinski definition) is 6. The molecule has 2 aromatic heterocycles. The fraction of sp³-hybridized carbons (Fsp3) is 0.417. The molecule has 0 aromatic carbocycles. The van der Waals surface area contributed by atoms with E-state index in [1.807, 2.05) is 39.8 Å². The second-order valence-electron chi connectivity index (χ2n) is 4.47. The number of anilines is 3. The largest absolute Gasteiger partial charge is 0.360 e. The highest BCUT2D eigenvalue weighted by Crippen LogP contribution is 2.16. The average Bonchev–Trinajstić information content (AvgIpc) is 2.61. The van der Waals surface area contributed by atoms with Crippen molar-refractivity contribution in [2.24, 2.45) is 0 Å². The van der Waals surface area contributed by atoms with E-state index in [-0.39, 0.29) is 6.04 Å². The van der Waals surface area contributed by atoms with Gasteiger partial charge in [0.1, 0.15) is 11.6 Å². The van der Waals surface area contributed by atoms with Crippen molar-refractivity contribution in [2.75, 3.05) is 10.6 Å². The molecule has 0 saturated carbocycles. The molecule has 0 aliphatic heterocycles. The van der Waals surface area contributed by atoms with Crippen molar-refractivity contribution in [3.8, 4) is 0 Å². The lowest BCUT2D eigenvalue weighted by molar-refractivity contribution is 0.400. The van der Waals surface area contributed by atoms with E-state index in [1.165, 1.54) is 0 Å². The zero-order chi connectivity index (χ0) is 13.1. The molecular formula is C12H17N5O. The van der Waals surface area contributed by atoms with Crippen LogP contribution in [0.25, 0.3) is 0 Å². The SMILES string of the molecule is Cc1cc(Nc2cc(C)on2)nc(NC(C)C)n1. The summed E-state index contributed by atoms with van der Waals surface area (Å²) in [7, 11) is 0. The van der Waals surface area contributed by atoms with Gasteiger partial charge in [-0.25, -0.2) is 4.98 Å². The Morgan fingerprint density at radius 2 is 1.89 bits per heavy atom. The Labute approximate surface area is 106 Å². The molecule has 6 heteroatoms. The summed E-state index contributed by atoms with van der Waals surface area (Å²) in [5.74, 6) is 2.69. The van der Waals surface area contributed by atoms with E-state index in [2.05, 4.69) is 25.8 Å². The molecule has 2 aromatic rings. The first-order valence-corrected chi connectivity index (χ1v) is 5.85. The molecule has 0 amide bonds. The third-order valence-corrected chi connectivity index (χ3v) is 2.16. The van der Waals surface area contributed by atoms with E-state index in [0.717, 1.165) is 11.5 Å². The van der Waals surface area contributed by atoms with Crippen LogP contribution in [-0.4, -0.2) is 21.2 Å². The Balaban J connectivity index is 2.19. The standard InChI is InChI=1S/C12H17N5O/c1-7(2)13-12-14-8(3)5-10(16-12)15-11-6-9(4)18-17-11/h5-7H,1-4H3,(H2,13,14,15,16,17). The summed E-state index contributed by atoms with van der Waals surface area (Å²) >= 11 is 0. The summed E-state index contributed by atoms with van der Waals surface area (Å²) in [6, 6.07) is 3.96. The summed E-state index contributed by atoms with van der Waals surface area (Å²) in [5, 5.41) is 10.1. The highest BCUT2D eigenvalue weighted by Gasteiger charge is 2.06. The molecule has 0 saturated heterocycles. The molecule has 0 atom stereocenters. The van der Waals surface area contributed by atoms with Crippen LogP contribution in [0.2, 0.25) is 0 Å². The molecule has 0 aliphatic rings. The molecule has 0 spiro atoms. The maximum atomic E-state index is 4.99. The van der Waals surface area contributed by atoms with Crippen LogP contribution in [0.4, 0.5) is 17.6 Å². The number of aryl methyl sites for hydroxylation is 2. The van der Waals surface area contributed by atoms with Gasteiger partial charge in [0.05, 0.1) is 0 Å². The molecule has 0 bridgehead atoms. The summed E-state index contributed by atoms with van der Waals surface area (Å²) in [5.41, 5.74) is 0.885. The number of rotatable bonds is 4. The zero-order valence-corrected chi connectivity index (χ0v) is 11.0. The van der Waals surface area contributed by atoms with Gasteiger partial charge in [-0.15, -0.1) is 0 Å². The van der Waals surface area contributed by atoms with Gasteiger partial charge in [0.15, 0.2) is 5.82 Å². The van der Waals surface area contributed by atoms with E-state index >= 15 is 0 Å². The molecule has 0 fully saturated rings. The molecule has 2 N–H and O–H groups in total. The molecular weight excluding hydrogens is 230 g/mol. The first kappa shape index (κ1) is 12.3. The summed E-state index contributed by atoms with van der Waals surface area (Å²) < 4.78 is 4.99. The van der Waals surface area contributed by atoms with Crippen LogP contribution in [0.1, 0.15) is 25.3 Å². The molecule has 2 rings (SSSR count). The third-order valence-electron chi connectivity index (χ3n) is 2.16.